The third-order valence-corrected chi connectivity index (χ3v) is 5.25. The number of rotatable bonds is 2. The zero-order valence-corrected chi connectivity index (χ0v) is 13.4. The van der Waals surface area contributed by atoms with E-state index in [1.54, 1.807) is 12.1 Å². The average molecular weight is 333 g/mol. The first-order valence-electron chi connectivity index (χ1n) is 8.47. The summed E-state index contributed by atoms with van der Waals surface area (Å²) in [4.78, 5) is 4.52. The van der Waals surface area contributed by atoms with Gasteiger partial charge in [-0.15, -0.1) is 0 Å². The van der Waals surface area contributed by atoms with E-state index in [0.717, 1.165) is 30.6 Å². The Balaban J connectivity index is 1.72. The molecule has 24 heavy (non-hydrogen) atoms. The van der Waals surface area contributed by atoms with Gasteiger partial charge in [0.2, 0.25) is 0 Å². The predicted molar refractivity (Wildman–Crippen MR) is 85.7 cm³/mol. The van der Waals surface area contributed by atoms with Crippen molar-refractivity contribution in [3.8, 4) is 0 Å². The van der Waals surface area contributed by atoms with Crippen LogP contribution in [0, 0.1) is 11.6 Å². The molecule has 1 fully saturated rings. The van der Waals surface area contributed by atoms with Gasteiger partial charge < -0.3 is 15.0 Å². The highest BCUT2D eigenvalue weighted by atomic mass is 19.2. The third-order valence-electron chi connectivity index (χ3n) is 5.25. The molecule has 2 aliphatic heterocycles. The van der Waals surface area contributed by atoms with E-state index in [1.165, 1.54) is 0 Å². The Hall–Kier alpha value is -1.79. The van der Waals surface area contributed by atoms with Crippen molar-refractivity contribution in [1.82, 2.24) is 9.55 Å². The van der Waals surface area contributed by atoms with E-state index in [9.17, 15) is 8.78 Å². The maximum atomic E-state index is 14.3. The molecule has 0 spiro atoms. The van der Waals surface area contributed by atoms with Gasteiger partial charge in [-0.3, -0.25) is 0 Å². The Kier molecular flexibility index (Phi) is 4.10. The lowest BCUT2D eigenvalue weighted by Crippen LogP contribution is -2.17. The number of imidazole rings is 1. The van der Waals surface area contributed by atoms with Gasteiger partial charge in [0.25, 0.3) is 0 Å². The lowest BCUT2D eigenvalue weighted by Gasteiger charge is -2.20. The van der Waals surface area contributed by atoms with E-state index in [1.807, 2.05) is 6.20 Å². The van der Waals surface area contributed by atoms with E-state index >= 15 is 0 Å². The van der Waals surface area contributed by atoms with Crippen molar-refractivity contribution in [2.75, 3.05) is 13.2 Å². The maximum absolute atomic E-state index is 14.3. The molecule has 0 amide bonds. The first-order valence-corrected chi connectivity index (χ1v) is 8.47. The van der Waals surface area contributed by atoms with Crippen LogP contribution in [0.25, 0.3) is 0 Å². The fourth-order valence-corrected chi connectivity index (χ4v) is 3.90. The molecule has 1 aromatic carbocycles. The zero-order valence-electron chi connectivity index (χ0n) is 13.4. The smallest absolute Gasteiger partial charge is 0.162 e. The van der Waals surface area contributed by atoms with Crippen molar-refractivity contribution in [1.29, 1.82) is 0 Å². The summed E-state index contributed by atoms with van der Waals surface area (Å²) >= 11 is 0. The molecule has 1 saturated heterocycles. The Labute approximate surface area is 139 Å². The number of benzene rings is 1. The van der Waals surface area contributed by atoms with Crippen LogP contribution in [0.3, 0.4) is 0 Å². The number of halogens is 2. The fourth-order valence-electron chi connectivity index (χ4n) is 3.90. The molecular weight excluding hydrogens is 312 g/mol. The molecule has 0 aliphatic carbocycles. The summed E-state index contributed by atoms with van der Waals surface area (Å²) in [7, 11) is 0. The average Bonchev–Trinajstić information content (AvgIpc) is 3.20. The summed E-state index contributed by atoms with van der Waals surface area (Å²) in [5.41, 5.74) is 7.81. The molecule has 2 aromatic rings. The molecule has 1 aromatic heterocycles. The van der Waals surface area contributed by atoms with E-state index < -0.39 is 11.6 Å². The fraction of sp³-hybridized carbons (Fsp3) is 0.500. The van der Waals surface area contributed by atoms with E-state index in [4.69, 9.17) is 10.5 Å². The monoisotopic (exact) mass is 333 g/mol. The minimum absolute atomic E-state index is 0.108. The molecule has 4 nitrogen and oxygen atoms in total. The highest BCUT2D eigenvalue weighted by Crippen LogP contribution is 2.36. The van der Waals surface area contributed by atoms with Gasteiger partial charge in [0.15, 0.2) is 11.6 Å². The van der Waals surface area contributed by atoms with Crippen LogP contribution in [0.4, 0.5) is 8.78 Å². The second kappa shape index (κ2) is 6.26. The van der Waals surface area contributed by atoms with Gasteiger partial charge in [-0.05, 0) is 30.9 Å². The lowest BCUT2D eigenvalue weighted by atomic mass is 9.92. The number of hydrogen-bond acceptors (Lipinski definition) is 3. The molecule has 2 aliphatic rings. The van der Waals surface area contributed by atoms with Crippen molar-refractivity contribution in [2.24, 2.45) is 5.73 Å². The standard InChI is InChI=1S/C18H21F2N3O/c19-14-3-1-2-13(17(14)20)11-4-5-15(21)18-22-8-16(23(18)9-11)12-6-7-24-10-12/h1-3,8,11-12,15H,4-7,9-10,21H2/t11-,12?,15-/m1/s1. The van der Waals surface area contributed by atoms with Crippen molar-refractivity contribution in [2.45, 2.75) is 43.7 Å². The molecule has 6 heteroatoms. The number of ether oxygens (including phenoxy) is 1. The van der Waals surface area contributed by atoms with Gasteiger partial charge in [-0.2, -0.15) is 0 Å². The van der Waals surface area contributed by atoms with Crippen molar-refractivity contribution in [3.63, 3.8) is 0 Å². The van der Waals surface area contributed by atoms with Gasteiger partial charge >= 0.3 is 0 Å². The second-order valence-corrected chi connectivity index (χ2v) is 6.74. The summed E-state index contributed by atoms with van der Waals surface area (Å²) in [6.45, 7) is 2.01. The number of nitrogens with two attached hydrogens (primary N) is 1. The Bertz CT molecular complexity index is 740. The molecule has 3 atom stereocenters. The number of fused-ring (bicyclic) bond motifs is 1. The Morgan fingerprint density at radius 1 is 1.17 bits per heavy atom. The molecule has 0 bridgehead atoms. The molecular formula is C18H21F2N3O. The lowest BCUT2D eigenvalue weighted by molar-refractivity contribution is 0.193. The quantitative estimate of drug-likeness (QED) is 0.918. The first-order chi connectivity index (χ1) is 11.6. The molecule has 2 N–H and O–H groups in total. The van der Waals surface area contributed by atoms with E-state index in [-0.39, 0.29) is 12.0 Å². The van der Waals surface area contributed by atoms with E-state index in [0.29, 0.717) is 37.5 Å². The van der Waals surface area contributed by atoms with Crippen LogP contribution in [0.5, 0.6) is 0 Å². The Morgan fingerprint density at radius 2 is 2.04 bits per heavy atom. The predicted octanol–water partition coefficient (Wildman–Crippen LogP) is 3.24. The number of hydrogen-bond donors (Lipinski definition) is 1. The normalized spacial score (nSPS) is 27.0. The second-order valence-electron chi connectivity index (χ2n) is 6.74. The first kappa shape index (κ1) is 15.7. The highest BCUT2D eigenvalue weighted by molar-refractivity contribution is 5.25. The van der Waals surface area contributed by atoms with Crippen LogP contribution in [0.1, 0.15) is 54.2 Å². The van der Waals surface area contributed by atoms with E-state index in [2.05, 4.69) is 9.55 Å². The maximum Gasteiger partial charge on any atom is 0.162 e. The van der Waals surface area contributed by atoms with Crippen LogP contribution in [0.2, 0.25) is 0 Å². The van der Waals surface area contributed by atoms with Crippen LogP contribution >= 0.6 is 0 Å². The summed E-state index contributed by atoms with van der Waals surface area (Å²) in [5, 5.41) is 0. The molecule has 0 radical (unpaired) electrons. The summed E-state index contributed by atoms with van der Waals surface area (Å²) in [6.07, 6.45) is 4.25. The minimum atomic E-state index is -0.795. The number of aromatic nitrogens is 2. The van der Waals surface area contributed by atoms with Gasteiger partial charge in [-0.25, -0.2) is 13.8 Å². The summed E-state index contributed by atoms with van der Waals surface area (Å²) < 4.78 is 35.5. The van der Waals surface area contributed by atoms with Gasteiger partial charge in [-0.1, -0.05) is 12.1 Å². The van der Waals surface area contributed by atoms with Gasteiger partial charge in [0.05, 0.1) is 12.6 Å². The van der Waals surface area contributed by atoms with Crippen LogP contribution < -0.4 is 5.73 Å². The minimum Gasteiger partial charge on any atom is -0.381 e. The summed E-state index contributed by atoms with van der Waals surface area (Å²) in [5.74, 6) is -0.504. The van der Waals surface area contributed by atoms with Crippen molar-refractivity contribution < 1.29 is 13.5 Å². The Morgan fingerprint density at radius 3 is 2.83 bits per heavy atom. The molecule has 4 rings (SSSR count). The topological polar surface area (TPSA) is 53.1 Å². The van der Waals surface area contributed by atoms with Gasteiger partial charge in [0, 0.05) is 36.9 Å². The van der Waals surface area contributed by atoms with Crippen molar-refractivity contribution >= 4 is 0 Å². The number of nitrogens with zero attached hydrogens (tertiary/aromatic N) is 2. The van der Waals surface area contributed by atoms with Crippen LogP contribution in [-0.4, -0.2) is 22.8 Å². The molecule has 128 valence electrons. The largest absolute Gasteiger partial charge is 0.381 e. The zero-order chi connectivity index (χ0) is 16.7. The van der Waals surface area contributed by atoms with Gasteiger partial charge in [0.1, 0.15) is 5.82 Å². The molecule has 1 unspecified atom stereocenters. The van der Waals surface area contributed by atoms with Crippen LogP contribution in [0.15, 0.2) is 24.4 Å². The molecule has 0 saturated carbocycles. The van der Waals surface area contributed by atoms with Crippen molar-refractivity contribution in [3.05, 3.63) is 53.1 Å². The molecule has 3 heterocycles. The third kappa shape index (κ3) is 2.63. The SMILES string of the molecule is N[C@@H]1CC[C@@H](c2cccc(F)c2F)Cn2c(C3CCOC3)cnc21. The summed E-state index contributed by atoms with van der Waals surface area (Å²) in [6, 6.07) is 4.22. The van der Waals surface area contributed by atoms with Crippen LogP contribution in [-0.2, 0) is 11.3 Å². The highest BCUT2D eigenvalue weighted by Gasteiger charge is 2.30.